The summed E-state index contributed by atoms with van der Waals surface area (Å²) in [6, 6.07) is 9.13. The molecule has 1 amide bonds. The van der Waals surface area contributed by atoms with E-state index < -0.39 is 11.7 Å². The quantitative estimate of drug-likeness (QED) is 0.732. The molecular formula is C17H23N3O4. The molecule has 24 heavy (non-hydrogen) atoms. The number of amides is 1. The van der Waals surface area contributed by atoms with Gasteiger partial charge in [0.25, 0.3) is 0 Å². The van der Waals surface area contributed by atoms with Gasteiger partial charge in [-0.25, -0.2) is 9.59 Å². The largest absolute Gasteiger partial charge is 0.493 e. The number of carbonyl (C=O) groups is 1. The third kappa shape index (κ3) is 4.65. The highest BCUT2D eigenvalue weighted by Gasteiger charge is 2.16. The van der Waals surface area contributed by atoms with Gasteiger partial charge in [0.05, 0.1) is 0 Å². The zero-order valence-corrected chi connectivity index (χ0v) is 14.1. The summed E-state index contributed by atoms with van der Waals surface area (Å²) < 4.78 is 6.37. The number of aromatic amines is 1. The number of hydrogen-bond donors (Lipinski definition) is 3. The van der Waals surface area contributed by atoms with Crippen molar-refractivity contribution in [1.29, 1.82) is 0 Å². The smallest absolute Gasteiger partial charge is 0.407 e. The first-order valence-electron chi connectivity index (χ1n) is 7.82. The molecule has 1 aromatic heterocycles. The molecule has 0 bridgehead atoms. The van der Waals surface area contributed by atoms with Crippen LogP contribution < -0.4 is 11.0 Å². The molecule has 0 saturated carbocycles. The first-order valence-corrected chi connectivity index (χ1v) is 7.82. The average Bonchev–Trinajstić information content (AvgIpc) is 2.78. The van der Waals surface area contributed by atoms with Gasteiger partial charge in [-0.1, -0.05) is 30.3 Å². The van der Waals surface area contributed by atoms with E-state index in [0.717, 1.165) is 5.56 Å². The lowest BCUT2D eigenvalue weighted by molar-refractivity contribution is 0.0526. The minimum atomic E-state index is -0.551. The van der Waals surface area contributed by atoms with Crippen molar-refractivity contribution in [3.63, 3.8) is 0 Å². The van der Waals surface area contributed by atoms with Gasteiger partial charge in [-0.15, -0.1) is 0 Å². The molecule has 2 aromatic rings. The van der Waals surface area contributed by atoms with Crippen molar-refractivity contribution in [3.05, 3.63) is 40.8 Å². The number of aromatic nitrogens is 2. The fourth-order valence-corrected chi connectivity index (χ4v) is 2.22. The maximum atomic E-state index is 12.0. The lowest BCUT2D eigenvalue weighted by Gasteiger charge is -2.19. The van der Waals surface area contributed by atoms with Crippen LogP contribution in [0.5, 0.6) is 5.88 Å². The van der Waals surface area contributed by atoms with Gasteiger partial charge in [0.15, 0.2) is 0 Å². The average molecular weight is 333 g/mol. The summed E-state index contributed by atoms with van der Waals surface area (Å²) >= 11 is 0. The predicted molar refractivity (Wildman–Crippen MR) is 91.0 cm³/mol. The Labute approximate surface area is 140 Å². The number of rotatable bonds is 5. The molecule has 0 aliphatic heterocycles. The molecule has 3 N–H and O–H groups in total. The lowest BCUT2D eigenvalue weighted by Crippen LogP contribution is -2.33. The topological polar surface area (TPSA) is 96.3 Å². The third-order valence-electron chi connectivity index (χ3n) is 3.25. The fraction of sp³-hybridized carbons (Fsp3) is 0.412. The van der Waals surface area contributed by atoms with Gasteiger partial charge in [0.1, 0.15) is 11.3 Å². The minimum absolute atomic E-state index is 0.108. The normalized spacial score (nSPS) is 11.3. The molecule has 7 nitrogen and oxygen atoms in total. The van der Waals surface area contributed by atoms with E-state index in [1.165, 1.54) is 4.57 Å². The summed E-state index contributed by atoms with van der Waals surface area (Å²) in [5.74, 6) is -0.108. The standard InChI is InChI=1S/C17H23N3O4/c1-17(2,3)24-16(23)18-10-7-11-20-14(21)13(19-15(20)22)12-8-5-4-6-9-12/h4-6,8-9,21H,7,10-11H2,1-3H3,(H,18,23)(H,19,22). The molecule has 130 valence electrons. The van der Waals surface area contributed by atoms with E-state index in [0.29, 0.717) is 18.7 Å². The highest BCUT2D eigenvalue weighted by molar-refractivity contribution is 5.67. The number of carbonyl (C=O) groups excluding carboxylic acids is 1. The van der Waals surface area contributed by atoms with Crippen LogP contribution in [0.4, 0.5) is 4.79 Å². The Morgan fingerprint density at radius 3 is 2.58 bits per heavy atom. The maximum Gasteiger partial charge on any atom is 0.407 e. The molecular weight excluding hydrogens is 310 g/mol. The van der Waals surface area contributed by atoms with Crippen LogP contribution in [0.2, 0.25) is 0 Å². The molecule has 0 radical (unpaired) electrons. The Morgan fingerprint density at radius 1 is 1.29 bits per heavy atom. The van der Waals surface area contributed by atoms with Crippen molar-refractivity contribution in [2.75, 3.05) is 6.54 Å². The Hall–Kier alpha value is -2.70. The molecule has 1 heterocycles. The highest BCUT2D eigenvalue weighted by Crippen LogP contribution is 2.25. The molecule has 2 rings (SSSR count). The van der Waals surface area contributed by atoms with Crippen LogP contribution in [0.3, 0.4) is 0 Å². The van der Waals surface area contributed by atoms with Crippen LogP contribution in [0.25, 0.3) is 11.3 Å². The van der Waals surface area contributed by atoms with Gasteiger partial charge in [0, 0.05) is 18.7 Å². The van der Waals surface area contributed by atoms with Gasteiger partial charge in [0.2, 0.25) is 5.88 Å². The number of alkyl carbamates (subject to hydrolysis) is 1. The van der Waals surface area contributed by atoms with Crippen LogP contribution in [-0.2, 0) is 11.3 Å². The van der Waals surface area contributed by atoms with Gasteiger partial charge in [-0.3, -0.25) is 4.57 Å². The number of aromatic hydroxyl groups is 1. The van der Waals surface area contributed by atoms with Gasteiger partial charge >= 0.3 is 11.8 Å². The van der Waals surface area contributed by atoms with Crippen LogP contribution >= 0.6 is 0 Å². The summed E-state index contributed by atoms with van der Waals surface area (Å²) in [6.07, 6.45) is -0.0168. The summed E-state index contributed by atoms with van der Waals surface area (Å²) in [6.45, 7) is 5.98. The highest BCUT2D eigenvalue weighted by atomic mass is 16.6. The third-order valence-corrected chi connectivity index (χ3v) is 3.25. The number of ether oxygens (including phenoxy) is 1. The molecule has 0 saturated heterocycles. The van der Waals surface area contributed by atoms with E-state index in [1.807, 2.05) is 18.2 Å². The minimum Gasteiger partial charge on any atom is -0.493 e. The number of H-pyrrole nitrogens is 1. The van der Waals surface area contributed by atoms with Crippen LogP contribution in [0, 0.1) is 0 Å². The van der Waals surface area contributed by atoms with Gasteiger partial charge < -0.3 is 20.1 Å². The number of benzene rings is 1. The van der Waals surface area contributed by atoms with E-state index in [4.69, 9.17) is 4.74 Å². The van der Waals surface area contributed by atoms with Gasteiger partial charge in [-0.05, 0) is 27.2 Å². The summed E-state index contributed by atoms with van der Waals surface area (Å²) in [5.41, 5.74) is 0.187. The molecule has 1 aromatic carbocycles. The second kappa shape index (κ2) is 7.25. The first kappa shape index (κ1) is 17.7. The fourth-order valence-electron chi connectivity index (χ4n) is 2.22. The molecule has 0 fully saturated rings. The summed E-state index contributed by atoms with van der Waals surface area (Å²) in [4.78, 5) is 26.2. The number of nitrogens with zero attached hydrogens (tertiary/aromatic N) is 1. The van der Waals surface area contributed by atoms with Gasteiger partial charge in [-0.2, -0.15) is 0 Å². The lowest BCUT2D eigenvalue weighted by atomic mass is 10.2. The SMILES string of the molecule is CC(C)(C)OC(=O)NCCCn1c(O)c(-c2ccccc2)[nH]c1=O. The van der Waals surface area contributed by atoms with Crippen molar-refractivity contribution in [3.8, 4) is 17.1 Å². The van der Waals surface area contributed by atoms with E-state index >= 15 is 0 Å². The molecule has 0 aliphatic rings. The van der Waals surface area contributed by atoms with E-state index in [1.54, 1.807) is 32.9 Å². The van der Waals surface area contributed by atoms with E-state index in [9.17, 15) is 14.7 Å². The van der Waals surface area contributed by atoms with Crippen molar-refractivity contribution in [1.82, 2.24) is 14.9 Å². The van der Waals surface area contributed by atoms with Crippen molar-refractivity contribution >= 4 is 6.09 Å². The molecule has 7 heteroatoms. The number of imidazole rings is 1. The Balaban J connectivity index is 1.93. The summed E-state index contributed by atoms with van der Waals surface area (Å²) in [5, 5.41) is 12.9. The second-order valence-electron chi connectivity index (χ2n) is 6.43. The zero-order valence-electron chi connectivity index (χ0n) is 14.1. The molecule has 0 spiro atoms. The molecule has 0 aliphatic carbocycles. The zero-order chi connectivity index (χ0) is 17.7. The van der Waals surface area contributed by atoms with Crippen LogP contribution in [0.1, 0.15) is 27.2 Å². The Morgan fingerprint density at radius 2 is 1.96 bits per heavy atom. The van der Waals surface area contributed by atoms with Crippen LogP contribution in [-0.4, -0.2) is 32.9 Å². The molecule has 0 atom stereocenters. The Bertz CT molecular complexity index is 741. The Kier molecular flexibility index (Phi) is 5.33. The first-order chi connectivity index (χ1) is 11.3. The predicted octanol–water partition coefficient (Wildman–Crippen LogP) is 2.46. The number of nitrogens with one attached hydrogen (secondary N) is 2. The van der Waals surface area contributed by atoms with Crippen molar-refractivity contribution < 1.29 is 14.6 Å². The van der Waals surface area contributed by atoms with Crippen LogP contribution in [0.15, 0.2) is 35.1 Å². The monoisotopic (exact) mass is 333 g/mol. The second-order valence-corrected chi connectivity index (χ2v) is 6.43. The van der Waals surface area contributed by atoms with Crippen molar-refractivity contribution in [2.24, 2.45) is 0 Å². The number of hydrogen-bond acceptors (Lipinski definition) is 4. The molecule has 0 unspecified atom stereocenters. The maximum absolute atomic E-state index is 12.0. The van der Waals surface area contributed by atoms with Crippen molar-refractivity contribution in [2.45, 2.75) is 39.3 Å². The summed E-state index contributed by atoms with van der Waals surface area (Å²) in [7, 11) is 0. The van der Waals surface area contributed by atoms with E-state index in [2.05, 4.69) is 10.3 Å². The van der Waals surface area contributed by atoms with E-state index in [-0.39, 0.29) is 18.1 Å².